The molecule has 1 saturated heterocycles. The quantitative estimate of drug-likeness (QED) is 0.502. The molecular weight excluding hydrogens is 352 g/mol. The second-order valence-electron chi connectivity index (χ2n) is 5.96. The van der Waals surface area contributed by atoms with Gasteiger partial charge in [-0.3, -0.25) is 4.79 Å². The van der Waals surface area contributed by atoms with Crippen LogP contribution in [0.5, 0.6) is 0 Å². The largest absolute Gasteiger partial charge is 0.416 e. The minimum absolute atomic E-state index is 0.00674. The van der Waals surface area contributed by atoms with Gasteiger partial charge in [0.25, 0.3) is 0 Å². The first kappa shape index (κ1) is 20.0. The van der Waals surface area contributed by atoms with Crippen LogP contribution in [0.2, 0.25) is 0 Å². The van der Waals surface area contributed by atoms with Crippen molar-refractivity contribution >= 4 is 11.9 Å². The van der Waals surface area contributed by atoms with Crippen molar-refractivity contribution < 1.29 is 22.4 Å². The molecule has 1 aromatic carbocycles. The number of hydrogen-bond acceptors (Lipinski definition) is 2. The van der Waals surface area contributed by atoms with Crippen LogP contribution in [-0.4, -0.2) is 54.4 Å². The first-order valence-corrected chi connectivity index (χ1v) is 8.36. The van der Waals surface area contributed by atoms with Gasteiger partial charge in [-0.2, -0.15) is 13.2 Å². The summed E-state index contributed by atoms with van der Waals surface area (Å²) >= 11 is 0. The van der Waals surface area contributed by atoms with Crippen molar-refractivity contribution in [1.82, 2.24) is 15.1 Å². The summed E-state index contributed by atoms with van der Waals surface area (Å²) in [4.78, 5) is 19.3. The van der Waals surface area contributed by atoms with Crippen molar-refractivity contribution in [2.24, 2.45) is 4.99 Å². The van der Waals surface area contributed by atoms with E-state index in [1.165, 1.54) is 6.92 Å². The average Bonchev–Trinajstić information content (AvgIpc) is 2.58. The maximum absolute atomic E-state index is 13.2. The van der Waals surface area contributed by atoms with E-state index in [-0.39, 0.29) is 18.0 Å². The molecule has 0 radical (unpaired) electrons. The Labute approximate surface area is 149 Å². The van der Waals surface area contributed by atoms with E-state index in [0.29, 0.717) is 44.7 Å². The standard InChI is InChI=1S/C17H22F4N4O/c1-3-22-16(25-8-6-24(7-9-25)12(2)26)23-11-13-4-5-14(18)10-15(13)17(19,20)21/h4-5,10H,3,6-9,11H2,1-2H3,(H,22,23). The highest BCUT2D eigenvalue weighted by Gasteiger charge is 2.33. The highest BCUT2D eigenvalue weighted by atomic mass is 19.4. The van der Waals surface area contributed by atoms with E-state index in [2.05, 4.69) is 10.3 Å². The predicted molar refractivity (Wildman–Crippen MR) is 90.0 cm³/mol. The van der Waals surface area contributed by atoms with Gasteiger partial charge < -0.3 is 15.1 Å². The molecule has 5 nitrogen and oxygen atoms in total. The third-order valence-corrected chi connectivity index (χ3v) is 4.14. The van der Waals surface area contributed by atoms with E-state index in [9.17, 15) is 22.4 Å². The highest BCUT2D eigenvalue weighted by Crippen LogP contribution is 2.32. The molecule has 0 spiro atoms. The van der Waals surface area contributed by atoms with Crippen LogP contribution < -0.4 is 5.32 Å². The number of guanidine groups is 1. The third-order valence-electron chi connectivity index (χ3n) is 4.14. The zero-order valence-corrected chi connectivity index (χ0v) is 14.7. The summed E-state index contributed by atoms with van der Waals surface area (Å²) in [6, 6.07) is 2.60. The number of aliphatic imine (C=N–C) groups is 1. The SMILES string of the molecule is CCNC(=NCc1ccc(F)cc1C(F)(F)F)N1CCN(C(C)=O)CC1. The Bertz CT molecular complexity index is 667. The predicted octanol–water partition coefficient (Wildman–Crippen LogP) is 2.47. The number of nitrogens with zero attached hydrogens (tertiary/aromatic N) is 3. The van der Waals surface area contributed by atoms with Crippen LogP contribution in [0.4, 0.5) is 17.6 Å². The van der Waals surface area contributed by atoms with Gasteiger partial charge in [-0.1, -0.05) is 6.07 Å². The fourth-order valence-electron chi connectivity index (χ4n) is 2.77. The molecule has 9 heteroatoms. The molecule has 1 fully saturated rings. The molecule has 2 rings (SSSR count). The lowest BCUT2D eigenvalue weighted by Gasteiger charge is -2.36. The Morgan fingerprint density at radius 2 is 1.81 bits per heavy atom. The molecule has 1 amide bonds. The van der Waals surface area contributed by atoms with Gasteiger partial charge in [-0.25, -0.2) is 9.38 Å². The summed E-state index contributed by atoms with van der Waals surface area (Å²) in [6.07, 6.45) is -4.64. The molecule has 0 unspecified atom stereocenters. The molecule has 26 heavy (non-hydrogen) atoms. The van der Waals surface area contributed by atoms with Crippen molar-refractivity contribution in [3.63, 3.8) is 0 Å². The Kier molecular flexibility index (Phi) is 6.44. The van der Waals surface area contributed by atoms with Gasteiger partial charge in [0.05, 0.1) is 12.1 Å². The van der Waals surface area contributed by atoms with E-state index in [1.807, 2.05) is 11.8 Å². The van der Waals surface area contributed by atoms with Gasteiger partial charge in [0.2, 0.25) is 5.91 Å². The third kappa shape index (κ3) is 5.09. The number of carbonyl (C=O) groups is 1. The van der Waals surface area contributed by atoms with Gasteiger partial charge in [0.15, 0.2) is 5.96 Å². The second-order valence-corrected chi connectivity index (χ2v) is 5.96. The number of alkyl halides is 3. The zero-order valence-electron chi connectivity index (χ0n) is 14.7. The van der Waals surface area contributed by atoms with E-state index in [0.717, 1.165) is 12.1 Å². The molecule has 1 aromatic rings. The zero-order chi connectivity index (χ0) is 19.3. The number of halogens is 4. The van der Waals surface area contributed by atoms with Crippen molar-refractivity contribution in [2.75, 3.05) is 32.7 Å². The smallest absolute Gasteiger partial charge is 0.357 e. The van der Waals surface area contributed by atoms with Crippen molar-refractivity contribution in [1.29, 1.82) is 0 Å². The first-order valence-electron chi connectivity index (χ1n) is 8.36. The van der Waals surface area contributed by atoms with Gasteiger partial charge in [0.1, 0.15) is 5.82 Å². The van der Waals surface area contributed by atoms with E-state index in [1.54, 1.807) is 4.90 Å². The van der Waals surface area contributed by atoms with Gasteiger partial charge in [0, 0.05) is 39.6 Å². The summed E-state index contributed by atoms with van der Waals surface area (Å²) in [6.45, 7) is 5.85. The lowest BCUT2D eigenvalue weighted by molar-refractivity contribution is -0.138. The molecule has 1 aliphatic rings. The van der Waals surface area contributed by atoms with Crippen LogP contribution in [0.25, 0.3) is 0 Å². The Hall–Kier alpha value is -2.32. The van der Waals surface area contributed by atoms with Crippen LogP contribution in [0.1, 0.15) is 25.0 Å². The molecule has 1 heterocycles. The monoisotopic (exact) mass is 374 g/mol. The molecule has 0 bridgehead atoms. The molecule has 0 saturated carbocycles. The van der Waals surface area contributed by atoms with E-state index >= 15 is 0 Å². The number of carbonyl (C=O) groups excluding carboxylic acids is 1. The number of amides is 1. The number of rotatable bonds is 3. The topological polar surface area (TPSA) is 47.9 Å². The minimum atomic E-state index is -4.64. The summed E-state index contributed by atoms with van der Waals surface area (Å²) in [7, 11) is 0. The summed E-state index contributed by atoms with van der Waals surface area (Å²) < 4.78 is 52.5. The normalized spacial score (nSPS) is 16.0. The minimum Gasteiger partial charge on any atom is -0.357 e. The molecule has 0 aliphatic carbocycles. The lowest BCUT2D eigenvalue weighted by atomic mass is 10.1. The number of piperazine rings is 1. The average molecular weight is 374 g/mol. The molecule has 1 aliphatic heterocycles. The van der Waals surface area contributed by atoms with Gasteiger partial charge >= 0.3 is 6.18 Å². The van der Waals surface area contributed by atoms with Crippen LogP contribution >= 0.6 is 0 Å². The van der Waals surface area contributed by atoms with E-state index in [4.69, 9.17) is 0 Å². The molecular formula is C17H22F4N4O. The fraction of sp³-hybridized carbons (Fsp3) is 0.529. The second kappa shape index (κ2) is 8.37. The molecule has 0 aromatic heterocycles. The van der Waals surface area contributed by atoms with Crippen molar-refractivity contribution in [3.05, 3.63) is 35.1 Å². The van der Waals surface area contributed by atoms with E-state index < -0.39 is 17.6 Å². The van der Waals surface area contributed by atoms with Crippen molar-refractivity contribution in [2.45, 2.75) is 26.6 Å². The number of benzene rings is 1. The Morgan fingerprint density at radius 1 is 1.19 bits per heavy atom. The van der Waals surface area contributed by atoms with Crippen LogP contribution in [0, 0.1) is 5.82 Å². The highest BCUT2D eigenvalue weighted by molar-refractivity contribution is 5.80. The molecule has 144 valence electrons. The van der Waals surface area contributed by atoms with Gasteiger partial charge in [-0.05, 0) is 24.6 Å². The van der Waals surface area contributed by atoms with Crippen LogP contribution in [0.15, 0.2) is 23.2 Å². The first-order chi connectivity index (χ1) is 12.2. The van der Waals surface area contributed by atoms with Crippen LogP contribution in [0.3, 0.4) is 0 Å². The maximum Gasteiger partial charge on any atom is 0.416 e. The fourth-order valence-corrected chi connectivity index (χ4v) is 2.77. The summed E-state index contributed by atoms with van der Waals surface area (Å²) in [5.74, 6) is -0.460. The summed E-state index contributed by atoms with van der Waals surface area (Å²) in [5.41, 5.74) is -1.10. The lowest BCUT2D eigenvalue weighted by Crippen LogP contribution is -2.53. The molecule has 0 atom stereocenters. The Balaban J connectivity index is 2.17. The Morgan fingerprint density at radius 3 is 2.35 bits per heavy atom. The van der Waals surface area contributed by atoms with Gasteiger partial charge in [-0.15, -0.1) is 0 Å². The van der Waals surface area contributed by atoms with Crippen molar-refractivity contribution in [3.8, 4) is 0 Å². The summed E-state index contributed by atoms with van der Waals surface area (Å²) in [5, 5.41) is 3.05. The number of nitrogens with one attached hydrogen (secondary N) is 1. The maximum atomic E-state index is 13.2. The molecule has 1 N–H and O–H groups in total. The number of hydrogen-bond donors (Lipinski definition) is 1. The van der Waals surface area contributed by atoms with Crippen LogP contribution in [-0.2, 0) is 17.5 Å².